The van der Waals surface area contributed by atoms with E-state index in [4.69, 9.17) is 4.74 Å². The van der Waals surface area contributed by atoms with E-state index in [0.717, 1.165) is 18.7 Å². The van der Waals surface area contributed by atoms with Gasteiger partial charge in [0.2, 0.25) is 0 Å². The van der Waals surface area contributed by atoms with Crippen molar-refractivity contribution < 1.29 is 4.74 Å². The van der Waals surface area contributed by atoms with Gasteiger partial charge in [0, 0.05) is 5.54 Å². The predicted octanol–water partition coefficient (Wildman–Crippen LogP) is 2.77. The van der Waals surface area contributed by atoms with Gasteiger partial charge in [-0.3, -0.25) is 0 Å². The van der Waals surface area contributed by atoms with E-state index in [1.54, 1.807) is 0 Å². The van der Waals surface area contributed by atoms with Crippen molar-refractivity contribution in [1.82, 2.24) is 5.32 Å². The minimum atomic E-state index is 0.247. The summed E-state index contributed by atoms with van der Waals surface area (Å²) in [6.07, 6.45) is 2.63. The second-order valence-electron chi connectivity index (χ2n) is 5.22. The summed E-state index contributed by atoms with van der Waals surface area (Å²) in [5.41, 5.74) is 1.70. The number of hydrogen-bond acceptors (Lipinski definition) is 2. The van der Waals surface area contributed by atoms with E-state index in [2.05, 4.69) is 36.5 Å². The van der Waals surface area contributed by atoms with Crippen LogP contribution in [0.3, 0.4) is 0 Å². The maximum atomic E-state index is 5.62. The van der Waals surface area contributed by atoms with Crippen molar-refractivity contribution in [2.24, 2.45) is 0 Å². The van der Waals surface area contributed by atoms with Crippen molar-refractivity contribution in [2.45, 2.75) is 45.3 Å². The molecule has 0 aliphatic carbocycles. The second-order valence-corrected chi connectivity index (χ2v) is 5.22. The van der Waals surface area contributed by atoms with Crippen LogP contribution in [0.25, 0.3) is 0 Å². The van der Waals surface area contributed by atoms with E-state index in [1.165, 1.54) is 12.0 Å². The highest BCUT2D eigenvalue weighted by Gasteiger charge is 2.30. The van der Waals surface area contributed by atoms with Crippen LogP contribution in [0.4, 0.5) is 0 Å². The molecule has 0 bridgehead atoms. The summed E-state index contributed by atoms with van der Waals surface area (Å²) in [6, 6.07) is 8.47. The van der Waals surface area contributed by atoms with Gasteiger partial charge in [0.05, 0.1) is 6.10 Å². The average molecular weight is 219 g/mol. The van der Waals surface area contributed by atoms with Gasteiger partial charge in [-0.05, 0) is 57.9 Å². The first kappa shape index (κ1) is 11.5. The molecule has 2 rings (SSSR count). The first-order chi connectivity index (χ1) is 7.57. The Labute approximate surface area is 98.0 Å². The van der Waals surface area contributed by atoms with Crippen LogP contribution in [-0.4, -0.2) is 18.2 Å². The molecule has 1 saturated heterocycles. The van der Waals surface area contributed by atoms with Gasteiger partial charge in [-0.25, -0.2) is 0 Å². The predicted molar refractivity (Wildman–Crippen MR) is 66.9 cm³/mol. The zero-order valence-corrected chi connectivity index (χ0v) is 10.4. The minimum Gasteiger partial charge on any atom is -0.491 e. The normalized spacial score (nSPS) is 24.2. The smallest absolute Gasteiger partial charge is 0.119 e. The fraction of sp³-hybridized carbons (Fsp3) is 0.571. The highest BCUT2D eigenvalue weighted by molar-refractivity contribution is 5.29. The Hall–Kier alpha value is -1.02. The topological polar surface area (TPSA) is 21.3 Å². The molecule has 1 unspecified atom stereocenters. The molecule has 0 saturated carbocycles. The van der Waals surface area contributed by atoms with Gasteiger partial charge in [-0.1, -0.05) is 12.1 Å². The summed E-state index contributed by atoms with van der Waals surface area (Å²) >= 11 is 0. The summed E-state index contributed by atoms with van der Waals surface area (Å²) in [7, 11) is 0. The van der Waals surface area contributed by atoms with E-state index in [9.17, 15) is 0 Å². The summed E-state index contributed by atoms with van der Waals surface area (Å²) < 4.78 is 5.62. The van der Waals surface area contributed by atoms with E-state index < -0.39 is 0 Å². The van der Waals surface area contributed by atoms with Crippen molar-refractivity contribution in [3.05, 3.63) is 29.8 Å². The van der Waals surface area contributed by atoms with E-state index >= 15 is 0 Å². The van der Waals surface area contributed by atoms with Crippen LogP contribution >= 0.6 is 0 Å². The van der Waals surface area contributed by atoms with Crippen LogP contribution < -0.4 is 10.1 Å². The van der Waals surface area contributed by atoms with E-state index in [1.807, 2.05) is 13.8 Å². The lowest BCUT2D eigenvalue weighted by Gasteiger charge is -2.40. The number of ether oxygens (including phenoxy) is 1. The van der Waals surface area contributed by atoms with Crippen molar-refractivity contribution in [3.63, 3.8) is 0 Å². The third-order valence-electron chi connectivity index (χ3n) is 3.12. The molecular formula is C14H21NO. The van der Waals surface area contributed by atoms with Crippen molar-refractivity contribution in [2.75, 3.05) is 6.54 Å². The Bertz CT molecular complexity index is 338. The fourth-order valence-corrected chi connectivity index (χ4v) is 2.11. The monoisotopic (exact) mass is 219 g/mol. The van der Waals surface area contributed by atoms with E-state index in [0.29, 0.717) is 5.54 Å². The molecule has 1 aliphatic rings. The Morgan fingerprint density at radius 2 is 1.94 bits per heavy atom. The lowest BCUT2D eigenvalue weighted by atomic mass is 9.84. The fourth-order valence-electron chi connectivity index (χ4n) is 2.11. The SMILES string of the molecule is CC(C)Oc1ccc(CC2(C)CCN2)cc1. The zero-order chi connectivity index (χ0) is 11.6. The molecule has 1 fully saturated rings. The molecule has 0 radical (unpaired) electrons. The molecule has 1 aromatic carbocycles. The van der Waals surface area contributed by atoms with Crippen LogP contribution in [-0.2, 0) is 6.42 Å². The first-order valence-corrected chi connectivity index (χ1v) is 6.08. The van der Waals surface area contributed by atoms with Gasteiger partial charge in [0.1, 0.15) is 5.75 Å². The van der Waals surface area contributed by atoms with Gasteiger partial charge < -0.3 is 10.1 Å². The van der Waals surface area contributed by atoms with Gasteiger partial charge in [0.15, 0.2) is 0 Å². The molecule has 16 heavy (non-hydrogen) atoms. The van der Waals surface area contributed by atoms with Gasteiger partial charge >= 0.3 is 0 Å². The quantitative estimate of drug-likeness (QED) is 0.840. The molecule has 0 spiro atoms. The summed E-state index contributed by atoms with van der Waals surface area (Å²) in [4.78, 5) is 0. The zero-order valence-electron chi connectivity index (χ0n) is 10.4. The van der Waals surface area contributed by atoms with Crippen molar-refractivity contribution in [1.29, 1.82) is 0 Å². The molecule has 1 aromatic rings. The first-order valence-electron chi connectivity index (χ1n) is 6.08. The molecular weight excluding hydrogens is 198 g/mol. The van der Waals surface area contributed by atoms with Gasteiger partial charge in [-0.2, -0.15) is 0 Å². The number of hydrogen-bond donors (Lipinski definition) is 1. The van der Waals surface area contributed by atoms with Crippen molar-refractivity contribution >= 4 is 0 Å². The van der Waals surface area contributed by atoms with Crippen LogP contribution in [0, 0.1) is 0 Å². The molecule has 0 aromatic heterocycles. The molecule has 2 nitrogen and oxygen atoms in total. The summed E-state index contributed by atoms with van der Waals surface area (Å²) in [5.74, 6) is 0.963. The van der Waals surface area contributed by atoms with Gasteiger partial charge in [-0.15, -0.1) is 0 Å². The van der Waals surface area contributed by atoms with Gasteiger partial charge in [0.25, 0.3) is 0 Å². The molecule has 1 N–H and O–H groups in total. The molecule has 2 heteroatoms. The number of nitrogens with one attached hydrogen (secondary N) is 1. The standard InChI is InChI=1S/C14H21NO/c1-11(2)16-13-6-4-12(5-7-13)10-14(3)8-9-15-14/h4-7,11,15H,8-10H2,1-3H3. The lowest BCUT2D eigenvalue weighted by Crippen LogP contribution is -2.55. The molecule has 1 heterocycles. The Morgan fingerprint density at radius 3 is 2.38 bits per heavy atom. The molecule has 1 atom stereocenters. The summed E-state index contributed by atoms with van der Waals surface area (Å²) in [5, 5.41) is 3.49. The van der Waals surface area contributed by atoms with Crippen molar-refractivity contribution in [3.8, 4) is 5.75 Å². The lowest BCUT2D eigenvalue weighted by molar-refractivity contribution is 0.230. The van der Waals surface area contributed by atoms with Crippen LogP contribution in [0.2, 0.25) is 0 Å². The highest BCUT2D eigenvalue weighted by atomic mass is 16.5. The molecule has 0 amide bonds. The number of benzene rings is 1. The average Bonchev–Trinajstić information content (AvgIpc) is 2.18. The largest absolute Gasteiger partial charge is 0.491 e. The Morgan fingerprint density at radius 1 is 1.31 bits per heavy atom. The number of rotatable bonds is 4. The highest BCUT2D eigenvalue weighted by Crippen LogP contribution is 2.24. The summed E-state index contributed by atoms with van der Waals surface area (Å²) in [6.45, 7) is 7.54. The maximum absolute atomic E-state index is 5.62. The van der Waals surface area contributed by atoms with Crippen LogP contribution in [0.5, 0.6) is 5.75 Å². The second kappa shape index (κ2) is 4.46. The van der Waals surface area contributed by atoms with Crippen LogP contribution in [0.15, 0.2) is 24.3 Å². The van der Waals surface area contributed by atoms with Crippen LogP contribution in [0.1, 0.15) is 32.8 Å². The minimum absolute atomic E-state index is 0.247. The third-order valence-corrected chi connectivity index (χ3v) is 3.12. The Kier molecular flexibility index (Phi) is 3.20. The molecule has 88 valence electrons. The third kappa shape index (κ3) is 2.76. The maximum Gasteiger partial charge on any atom is 0.119 e. The Balaban J connectivity index is 1.96. The molecule has 1 aliphatic heterocycles. The van der Waals surface area contributed by atoms with E-state index in [-0.39, 0.29) is 6.10 Å².